The van der Waals surface area contributed by atoms with Crippen LogP contribution in [0.2, 0.25) is 0 Å². The zero-order valence-corrected chi connectivity index (χ0v) is 18.1. The predicted molar refractivity (Wildman–Crippen MR) is 117 cm³/mol. The van der Waals surface area contributed by atoms with Gasteiger partial charge in [0.25, 0.3) is 11.8 Å². The number of carbonyl (C=O) groups excluding carboxylic acids is 2. The Kier molecular flexibility index (Phi) is 5.67. The Hall–Kier alpha value is -3.00. The van der Waals surface area contributed by atoms with Gasteiger partial charge in [0.15, 0.2) is 6.61 Å². The molecule has 1 aliphatic carbocycles. The van der Waals surface area contributed by atoms with Crippen LogP contribution in [0, 0.1) is 5.92 Å². The van der Waals surface area contributed by atoms with Crippen molar-refractivity contribution < 1.29 is 14.3 Å². The lowest BCUT2D eigenvalue weighted by Crippen LogP contribution is -2.22. The molecule has 30 heavy (non-hydrogen) atoms. The molecule has 3 aromatic rings. The van der Waals surface area contributed by atoms with E-state index < -0.39 is 0 Å². The fourth-order valence-corrected chi connectivity index (χ4v) is 4.98. The summed E-state index contributed by atoms with van der Waals surface area (Å²) in [4.78, 5) is 36.8. The van der Waals surface area contributed by atoms with Crippen molar-refractivity contribution in [3.8, 4) is 5.88 Å². The number of amides is 2. The van der Waals surface area contributed by atoms with Gasteiger partial charge in [0, 0.05) is 30.2 Å². The number of hydrogen-bond donors (Lipinski definition) is 1. The first-order valence-corrected chi connectivity index (χ1v) is 10.7. The van der Waals surface area contributed by atoms with Gasteiger partial charge < -0.3 is 15.0 Å². The Bertz CT molecular complexity index is 1090. The Labute approximate surface area is 179 Å². The van der Waals surface area contributed by atoms with Crippen LogP contribution in [0.25, 0.3) is 10.2 Å². The summed E-state index contributed by atoms with van der Waals surface area (Å²) in [5.74, 6) is 0.769. The van der Waals surface area contributed by atoms with Gasteiger partial charge in [-0.15, -0.1) is 11.3 Å². The number of nitrogens with one attached hydrogen (secondary N) is 1. The highest BCUT2D eigenvalue weighted by Gasteiger charge is 2.24. The van der Waals surface area contributed by atoms with E-state index in [2.05, 4.69) is 22.2 Å². The van der Waals surface area contributed by atoms with Crippen molar-refractivity contribution in [2.24, 2.45) is 5.92 Å². The number of benzene rings is 1. The van der Waals surface area contributed by atoms with Crippen molar-refractivity contribution >= 4 is 39.1 Å². The van der Waals surface area contributed by atoms with Crippen LogP contribution in [0.15, 0.2) is 30.6 Å². The maximum atomic E-state index is 12.4. The molecule has 156 valence electrons. The van der Waals surface area contributed by atoms with E-state index in [0.717, 1.165) is 29.5 Å². The number of anilines is 1. The summed E-state index contributed by atoms with van der Waals surface area (Å²) in [5, 5.41) is 3.74. The smallest absolute Gasteiger partial charge is 0.262 e. The molecule has 2 heterocycles. The van der Waals surface area contributed by atoms with Crippen LogP contribution in [-0.2, 0) is 17.6 Å². The number of nitrogens with zero attached hydrogens (tertiary/aromatic N) is 3. The average molecular weight is 425 g/mol. The van der Waals surface area contributed by atoms with Gasteiger partial charge >= 0.3 is 0 Å². The highest BCUT2D eigenvalue weighted by Crippen LogP contribution is 2.40. The van der Waals surface area contributed by atoms with Gasteiger partial charge in [-0.1, -0.05) is 6.92 Å². The summed E-state index contributed by atoms with van der Waals surface area (Å²) >= 11 is 1.70. The average Bonchev–Trinajstić information content (AvgIpc) is 3.10. The maximum Gasteiger partial charge on any atom is 0.262 e. The van der Waals surface area contributed by atoms with Crippen LogP contribution in [0.3, 0.4) is 0 Å². The third-order valence-corrected chi connectivity index (χ3v) is 6.38. The second-order valence-corrected chi connectivity index (χ2v) is 8.91. The molecular weight excluding hydrogens is 400 g/mol. The summed E-state index contributed by atoms with van der Waals surface area (Å²) in [7, 11) is 3.40. The lowest BCUT2D eigenvalue weighted by atomic mass is 9.89. The first kappa shape index (κ1) is 20.3. The third kappa shape index (κ3) is 4.14. The first-order chi connectivity index (χ1) is 14.4. The number of rotatable bonds is 5. The molecule has 0 radical (unpaired) electrons. The van der Waals surface area contributed by atoms with Crippen molar-refractivity contribution in [3.63, 3.8) is 0 Å². The van der Waals surface area contributed by atoms with Crippen LogP contribution < -0.4 is 10.1 Å². The first-order valence-electron chi connectivity index (χ1n) is 9.92. The number of aromatic nitrogens is 2. The SMILES string of the molecule is C[C@@H]1CCc2c(sc3ncnc(OCC(=O)Nc4ccc(C(=O)N(C)C)cc4)c23)C1. The number of thiophene rings is 1. The monoisotopic (exact) mass is 424 g/mol. The molecule has 2 aromatic heterocycles. The standard InChI is InChI=1S/C22H24N4O3S/c1-13-4-9-16-17(10-13)30-21-19(16)20(23-12-24-21)29-11-18(27)25-15-7-5-14(6-8-15)22(28)26(2)3/h5-8,12-13H,4,9-11H2,1-3H3,(H,25,27)/t13-/m1/s1. The number of ether oxygens (including phenoxy) is 1. The second kappa shape index (κ2) is 8.39. The molecular formula is C22H24N4O3S. The maximum absolute atomic E-state index is 12.4. The minimum absolute atomic E-state index is 0.0857. The number of carbonyl (C=O) groups is 2. The number of fused-ring (bicyclic) bond motifs is 3. The summed E-state index contributed by atoms with van der Waals surface area (Å²) < 4.78 is 5.78. The number of hydrogen-bond acceptors (Lipinski definition) is 6. The van der Waals surface area contributed by atoms with Crippen molar-refractivity contribution in [1.29, 1.82) is 0 Å². The Morgan fingerprint density at radius 3 is 2.73 bits per heavy atom. The van der Waals surface area contributed by atoms with Crippen molar-refractivity contribution in [2.45, 2.75) is 26.2 Å². The molecule has 0 saturated heterocycles. The van der Waals surface area contributed by atoms with Crippen LogP contribution in [0.5, 0.6) is 5.88 Å². The van der Waals surface area contributed by atoms with Crippen LogP contribution >= 0.6 is 11.3 Å². The van der Waals surface area contributed by atoms with E-state index in [4.69, 9.17) is 4.74 Å². The van der Waals surface area contributed by atoms with E-state index in [1.807, 2.05) is 0 Å². The molecule has 4 rings (SSSR count). The Balaban J connectivity index is 1.43. The Morgan fingerprint density at radius 1 is 1.23 bits per heavy atom. The van der Waals surface area contributed by atoms with E-state index in [0.29, 0.717) is 23.0 Å². The summed E-state index contributed by atoms with van der Waals surface area (Å²) in [5.41, 5.74) is 2.44. The van der Waals surface area contributed by atoms with Gasteiger partial charge in [-0.2, -0.15) is 0 Å². The quantitative estimate of drug-likeness (QED) is 0.677. The highest BCUT2D eigenvalue weighted by atomic mass is 32.1. The molecule has 2 amide bonds. The van der Waals surface area contributed by atoms with E-state index in [9.17, 15) is 9.59 Å². The van der Waals surface area contributed by atoms with Crippen LogP contribution in [0.4, 0.5) is 5.69 Å². The largest absolute Gasteiger partial charge is 0.467 e. The summed E-state index contributed by atoms with van der Waals surface area (Å²) in [6, 6.07) is 6.78. The molecule has 0 saturated carbocycles. The molecule has 1 aliphatic rings. The van der Waals surface area contributed by atoms with Gasteiger partial charge in [0.05, 0.1) is 5.39 Å². The molecule has 1 N–H and O–H groups in total. The molecule has 7 nitrogen and oxygen atoms in total. The molecule has 0 spiro atoms. The zero-order chi connectivity index (χ0) is 21.3. The molecule has 0 fully saturated rings. The van der Waals surface area contributed by atoms with E-state index >= 15 is 0 Å². The lowest BCUT2D eigenvalue weighted by molar-refractivity contribution is -0.118. The van der Waals surface area contributed by atoms with E-state index in [1.54, 1.807) is 49.7 Å². The summed E-state index contributed by atoms with van der Waals surface area (Å²) in [6.45, 7) is 2.12. The van der Waals surface area contributed by atoms with E-state index in [-0.39, 0.29) is 18.4 Å². The van der Waals surface area contributed by atoms with Crippen LogP contribution in [-0.4, -0.2) is 47.4 Å². The van der Waals surface area contributed by atoms with Gasteiger partial charge in [0.2, 0.25) is 5.88 Å². The topological polar surface area (TPSA) is 84.4 Å². The highest BCUT2D eigenvalue weighted by molar-refractivity contribution is 7.18. The van der Waals surface area contributed by atoms with Crippen molar-refractivity contribution in [1.82, 2.24) is 14.9 Å². The van der Waals surface area contributed by atoms with Crippen molar-refractivity contribution in [3.05, 3.63) is 46.6 Å². The van der Waals surface area contributed by atoms with Gasteiger partial charge in [0.1, 0.15) is 11.2 Å². The molecule has 0 bridgehead atoms. The third-order valence-electron chi connectivity index (χ3n) is 5.22. The normalized spacial score (nSPS) is 15.5. The second-order valence-electron chi connectivity index (χ2n) is 7.82. The minimum Gasteiger partial charge on any atom is -0.467 e. The van der Waals surface area contributed by atoms with E-state index in [1.165, 1.54) is 21.7 Å². The molecule has 1 aromatic carbocycles. The molecule has 8 heteroatoms. The molecule has 0 aliphatic heterocycles. The van der Waals surface area contributed by atoms with Gasteiger partial charge in [-0.25, -0.2) is 9.97 Å². The minimum atomic E-state index is -0.286. The fraction of sp³-hybridized carbons (Fsp3) is 0.364. The lowest BCUT2D eigenvalue weighted by Gasteiger charge is -2.18. The van der Waals surface area contributed by atoms with Crippen molar-refractivity contribution in [2.75, 3.05) is 26.0 Å². The fourth-order valence-electron chi connectivity index (χ4n) is 3.64. The van der Waals surface area contributed by atoms with Crippen LogP contribution in [0.1, 0.15) is 34.1 Å². The molecule has 0 unspecified atom stereocenters. The number of aryl methyl sites for hydroxylation is 1. The summed E-state index contributed by atoms with van der Waals surface area (Å²) in [6.07, 6.45) is 4.68. The molecule has 1 atom stereocenters. The van der Waals surface area contributed by atoms with Gasteiger partial charge in [-0.05, 0) is 55.0 Å². The van der Waals surface area contributed by atoms with Gasteiger partial charge in [-0.3, -0.25) is 9.59 Å². The zero-order valence-electron chi connectivity index (χ0n) is 17.3. The Morgan fingerprint density at radius 2 is 2.00 bits per heavy atom. The predicted octanol–water partition coefficient (Wildman–Crippen LogP) is 3.54.